The van der Waals surface area contributed by atoms with E-state index in [0.717, 1.165) is 50.2 Å². The van der Waals surface area contributed by atoms with E-state index in [9.17, 15) is 5.11 Å². The molecule has 44 heavy (non-hydrogen) atoms. The fraction of sp³-hybridized carbons (Fsp3) is 0.0769. The molecule has 2 heterocycles. The van der Waals surface area contributed by atoms with Crippen LogP contribution in [0.25, 0.3) is 50.5 Å². The van der Waals surface area contributed by atoms with Crippen LogP contribution < -0.4 is 0 Å². The Balaban J connectivity index is 0.00000343. The number of para-hydroxylation sites is 3. The summed E-state index contributed by atoms with van der Waals surface area (Å²) < 4.78 is 2.13. The summed E-state index contributed by atoms with van der Waals surface area (Å²) >= 11 is 0. The number of phenolic OH excluding ortho intramolecular Hbond substituents is 1. The molecule has 218 valence electrons. The van der Waals surface area contributed by atoms with Crippen LogP contribution in [0.1, 0.15) is 25.0 Å². The molecule has 5 aromatic carbocycles. The van der Waals surface area contributed by atoms with Crippen molar-refractivity contribution in [3.63, 3.8) is 0 Å². The van der Waals surface area contributed by atoms with Crippen molar-refractivity contribution in [2.75, 3.05) is 0 Å². The number of aromatic nitrogens is 3. The van der Waals surface area contributed by atoms with E-state index in [4.69, 9.17) is 4.98 Å². The van der Waals surface area contributed by atoms with Crippen molar-refractivity contribution < 1.29 is 26.2 Å². The Bertz CT molecular complexity index is 2050. The van der Waals surface area contributed by atoms with Crippen LogP contribution in [0.2, 0.25) is 0 Å². The van der Waals surface area contributed by atoms with Crippen LogP contribution in [0, 0.1) is 6.07 Å². The number of hydrogen-bond acceptors (Lipinski definition) is 3. The molecule has 5 heteroatoms. The molecular weight excluding hydrogens is 722 g/mol. The summed E-state index contributed by atoms with van der Waals surface area (Å²) in [4.78, 5) is 9.79. The average Bonchev–Trinajstić information content (AvgIpc) is 3.45. The van der Waals surface area contributed by atoms with E-state index in [1.165, 1.54) is 0 Å². The van der Waals surface area contributed by atoms with Crippen LogP contribution in [0.4, 0.5) is 0 Å². The Morgan fingerprint density at radius 3 is 2.07 bits per heavy atom. The predicted molar refractivity (Wildman–Crippen MR) is 174 cm³/mol. The second-order valence-corrected chi connectivity index (χ2v) is 11.2. The van der Waals surface area contributed by atoms with Gasteiger partial charge in [0.1, 0.15) is 11.6 Å². The summed E-state index contributed by atoms with van der Waals surface area (Å²) in [6.07, 6.45) is 1.80. The van der Waals surface area contributed by atoms with Gasteiger partial charge in [0.15, 0.2) is 0 Å². The van der Waals surface area contributed by atoms with Crippen LogP contribution in [-0.4, -0.2) is 19.6 Å². The van der Waals surface area contributed by atoms with E-state index in [1.54, 1.807) is 6.20 Å². The zero-order chi connectivity index (χ0) is 29.4. The number of pyridine rings is 1. The molecule has 0 fully saturated rings. The summed E-state index contributed by atoms with van der Waals surface area (Å²) in [6.45, 7) is 4.29. The first-order valence-corrected chi connectivity index (χ1v) is 14.4. The maximum atomic E-state index is 11.9. The van der Waals surface area contributed by atoms with Crippen molar-refractivity contribution in [3.8, 4) is 45.2 Å². The van der Waals surface area contributed by atoms with E-state index >= 15 is 0 Å². The van der Waals surface area contributed by atoms with E-state index in [1.807, 2.05) is 84.9 Å². The number of rotatable bonds is 6. The molecule has 0 saturated carbocycles. The molecule has 4 nitrogen and oxygen atoms in total. The minimum Gasteiger partial charge on any atom is -0.507 e. The molecule has 0 aliphatic carbocycles. The van der Waals surface area contributed by atoms with Crippen molar-refractivity contribution >= 4 is 11.0 Å². The number of imidazole rings is 1. The number of nitrogens with zero attached hydrogens (tertiary/aromatic N) is 3. The van der Waals surface area contributed by atoms with Gasteiger partial charge in [-0.1, -0.05) is 110 Å². The second kappa shape index (κ2) is 12.1. The zero-order valence-electron chi connectivity index (χ0n) is 24.4. The quantitative estimate of drug-likeness (QED) is 0.173. The number of hydrogen-bond donors (Lipinski definition) is 1. The molecule has 0 saturated heterocycles. The van der Waals surface area contributed by atoms with E-state index in [-0.39, 0.29) is 26.8 Å². The molecule has 0 bridgehead atoms. The normalized spacial score (nSPS) is 11.3. The van der Waals surface area contributed by atoms with E-state index in [2.05, 4.69) is 78.0 Å². The molecule has 0 unspecified atom stereocenters. The van der Waals surface area contributed by atoms with Crippen molar-refractivity contribution in [2.24, 2.45) is 0 Å². The third kappa shape index (κ3) is 5.16. The Morgan fingerprint density at radius 2 is 1.32 bits per heavy atom. The van der Waals surface area contributed by atoms with Gasteiger partial charge in [-0.05, 0) is 35.9 Å². The van der Waals surface area contributed by atoms with Gasteiger partial charge >= 0.3 is 0 Å². The van der Waals surface area contributed by atoms with Gasteiger partial charge in [-0.25, -0.2) is 4.98 Å². The largest absolute Gasteiger partial charge is 0.507 e. The first kappa shape index (κ1) is 29.3. The molecule has 0 spiro atoms. The third-order valence-electron chi connectivity index (χ3n) is 8.17. The van der Waals surface area contributed by atoms with Gasteiger partial charge in [0.05, 0.1) is 16.6 Å². The predicted octanol–water partition coefficient (Wildman–Crippen LogP) is 9.25. The van der Waals surface area contributed by atoms with E-state index < -0.39 is 5.41 Å². The van der Waals surface area contributed by atoms with Crippen molar-refractivity contribution in [2.45, 2.75) is 19.3 Å². The van der Waals surface area contributed by atoms with Crippen LogP contribution in [0.3, 0.4) is 0 Å². The van der Waals surface area contributed by atoms with Crippen LogP contribution in [-0.2, 0) is 26.5 Å². The summed E-state index contributed by atoms with van der Waals surface area (Å²) in [5, 5.41) is 11.9. The Morgan fingerprint density at radius 1 is 0.659 bits per heavy atom. The zero-order valence-corrected chi connectivity index (χ0v) is 26.7. The maximum Gasteiger partial charge on any atom is 0.148 e. The van der Waals surface area contributed by atoms with Crippen molar-refractivity contribution in [1.82, 2.24) is 14.5 Å². The second-order valence-electron chi connectivity index (χ2n) is 11.2. The fourth-order valence-corrected chi connectivity index (χ4v) is 5.87. The van der Waals surface area contributed by atoms with Gasteiger partial charge < -0.3 is 5.11 Å². The number of phenols is 1. The molecule has 0 amide bonds. The van der Waals surface area contributed by atoms with Gasteiger partial charge in [0.2, 0.25) is 0 Å². The average molecular weight is 752 g/mol. The fourth-order valence-electron chi connectivity index (χ4n) is 5.87. The maximum absolute atomic E-state index is 11.9. The molecule has 1 N–H and O–H groups in total. The summed E-state index contributed by atoms with van der Waals surface area (Å²) in [5.41, 5.74) is 8.68. The third-order valence-corrected chi connectivity index (χ3v) is 8.17. The van der Waals surface area contributed by atoms with Gasteiger partial charge in [-0.15, -0.1) is 29.8 Å². The minimum absolute atomic E-state index is 0. The Kier molecular flexibility index (Phi) is 8.03. The molecule has 2 aromatic heterocycles. The summed E-state index contributed by atoms with van der Waals surface area (Å²) in [6, 6.07) is 48.2. The van der Waals surface area contributed by atoms with Gasteiger partial charge in [0, 0.05) is 49.6 Å². The van der Waals surface area contributed by atoms with Crippen LogP contribution >= 0.6 is 0 Å². The molecule has 0 radical (unpaired) electrons. The smallest absolute Gasteiger partial charge is 0.148 e. The summed E-state index contributed by atoms with van der Waals surface area (Å²) in [5.74, 6) is 0.909. The SMILES string of the molecule is CC(C)(c1ccccc1)c1cccc(-c2nc3c(-c4[c-]c(-c5ccccn5)ccc4)cccc3n2-c2ccccc2)c1O.[Pt]. The molecule has 0 atom stereocenters. The first-order chi connectivity index (χ1) is 21.0. The summed E-state index contributed by atoms with van der Waals surface area (Å²) in [7, 11) is 0. The monoisotopic (exact) mass is 751 g/mol. The minimum atomic E-state index is -0.420. The van der Waals surface area contributed by atoms with Crippen molar-refractivity contribution in [1.29, 1.82) is 0 Å². The molecule has 0 aliphatic heterocycles. The Hall–Kier alpha value is -4.79. The molecular formula is C39H30N3OPt-. The molecule has 0 aliphatic rings. The standard InChI is InChI=1S/C39H30N3O.Pt/c1-39(2,29-16-5-3-6-17-29)33-22-12-21-32(37(33)43)38-41-36-31(20-13-24-35(36)42(38)30-18-7-4-8-19-30)27-14-11-15-28(26-27)34-23-9-10-25-40-34;/h3-25,43H,1-2H3;/q-1;. The Labute approximate surface area is 272 Å². The van der Waals surface area contributed by atoms with Gasteiger partial charge in [-0.3, -0.25) is 9.55 Å². The van der Waals surface area contributed by atoms with Crippen LogP contribution in [0.5, 0.6) is 5.75 Å². The topological polar surface area (TPSA) is 50.9 Å². The molecule has 7 rings (SSSR count). The number of fused-ring (bicyclic) bond motifs is 1. The number of benzene rings is 5. The van der Waals surface area contributed by atoms with Gasteiger partial charge in [0.25, 0.3) is 0 Å². The van der Waals surface area contributed by atoms with Crippen molar-refractivity contribution in [3.05, 3.63) is 157 Å². The van der Waals surface area contributed by atoms with E-state index in [0.29, 0.717) is 11.4 Å². The number of aromatic hydroxyl groups is 1. The van der Waals surface area contributed by atoms with Crippen LogP contribution in [0.15, 0.2) is 140 Å². The first-order valence-electron chi connectivity index (χ1n) is 14.4. The van der Waals surface area contributed by atoms with Gasteiger partial charge in [-0.2, -0.15) is 0 Å². The molecule has 7 aromatic rings.